The van der Waals surface area contributed by atoms with Crippen LogP contribution in [0.2, 0.25) is 0 Å². The maximum Gasteiger partial charge on any atom is 0.269 e. The minimum absolute atomic E-state index is 0.155. The largest absolute Gasteiger partial charge is 0.269 e. The number of aliphatic imine (C=N–C) groups is 1. The molecule has 0 fully saturated rings. The summed E-state index contributed by atoms with van der Waals surface area (Å²) in [6, 6.07) is 0. The lowest BCUT2D eigenvalue weighted by Crippen LogP contribution is -2.03. The highest BCUT2D eigenvalue weighted by molar-refractivity contribution is 14.1. The zero-order valence-electron chi connectivity index (χ0n) is 4.04. The molecule has 1 amide bonds. The summed E-state index contributed by atoms with van der Waals surface area (Å²) in [5, 5.41) is 0. The first-order valence-electron chi connectivity index (χ1n) is 2.19. The average molecular weight is 221 g/mol. The van der Waals surface area contributed by atoms with Gasteiger partial charge in [0.1, 0.15) is 0 Å². The number of hydrogen-bond acceptors (Lipinski definition) is 1. The van der Waals surface area contributed by atoms with Crippen LogP contribution < -0.4 is 0 Å². The number of halogens is 1. The lowest BCUT2D eigenvalue weighted by Gasteiger charge is -1.96. The maximum absolute atomic E-state index is 10.3. The highest BCUT2D eigenvalue weighted by Crippen LogP contribution is 2.02. The van der Waals surface area contributed by atoms with Gasteiger partial charge in [-0.25, -0.2) is 4.99 Å². The molecule has 1 heterocycles. The summed E-state index contributed by atoms with van der Waals surface area (Å²) in [5.74, 6) is -0.155. The summed E-state index contributed by atoms with van der Waals surface area (Å²) in [6.45, 7) is 0. The fourth-order valence-corrected chi connectivity index (χ4v) is 0.780. The van der Waals surface area contributed by atoms with Crippen molar-refractivity contribution >= 4 is 34.7 Å². The van der Waals surface area contributed by atoms with Crippen molar-refractivity contribution in [2.24, 2.45) is 4.99 Å². The first-order chi connectivity index (χ1) is 3.79. The van der Waals surface area contributed by atoms with Crippen molar-refractivity contribution in [2.45, 2.75) is 3.92 Å². The number of hydrogen-bond donors (Lipinski definition) is 0. The van der Waals surface area contributed by atoms with Gasteiger partial charge in [-0.05, 0) is 0 Å². The lowest BCUT2D eigenvalue weighted by molar-refractivity contribution is -0.113. The van der Waals surface area contributed by atoms with Crippen LogP contribution in [0.15, 0.2) is 17.1 Å². The molecule has 1 rings (SSSR count). The SMILES string of the molecule is O=C1C=CC(I)C=N1. The number of allylic oxidation sites excluding steroid dienone is 1. The fraction of sp³-hybridized carbons (Fsp3) is 0.200. The first kappa shape index (κ1) is 5.94. The van der Waals surface area contributed by atoms with Crippen LogP contribution in [0.25, 0.3) is 0 Å². The van der Waals surface area contributed by atoms with Crippen LogP contribution in [-0.2, 0) is 4.79 Å². The molecule has 0 N–H and O–H groups in total. The molecule has 1 aliphatic heterocycles. The van der Waals surface area contributed by atoms with Gasteiger partial charge in [-0.2, -0.15) is 0 Å². The van der Waals surface area contributed by atoms with E-state index < -0.39 is 0 Å². The Labute approximate surface area is 60.8 Å². The molecule has 0 saturated carbocycles. The third-order valence-electron chi connectivity index (χ3n) is 0.767. The molecule has 0 bridgehead atoms. The van der Waals surface area contributed by atoms with E-state index >= 15 is 0 Å². The third kappa shape index (κ3) is 1.40. The molecule has 8 heavy (non-hydrogen) atoms. The number of rotatable bonds is 0. The van der Waals surface area contributed by atoms with Gasteiger partial charge in [0.2, 0.25) is 0 Å². The van der Waals surface area contributed by atoms with Gasteiger partial charge >= 0.3 is 0 Å². The Morgan fingerprint density at radius 3 is 2.88 bits per heavy atom. The van der Waals surface area contributed by atoms with Crippen LogP contribution in [0.3, 0.4) is 0 Å². The van der Waals surface area contributed by atoms with E-state index in [4.69, 9.17) is 0 Å². The summed E-state index contributed by atoms with van der Waals surface area (Å²) in [6.07, 6.45) is 4.93. The van der Waals surface area contributed by atoms with Gasteiger partial charge in [0.15, 0.2) is 0 Å². The van der Waals surface area contributed by atoms with Crippen molar-refractivity contribution in [3.8, 4) is 0 Å². The number of carbonyl (C=O) groups excluding carboxylic acids is 1. The molecule has 0 spiro atoms. The molecule has 0 radical (unpaired) electrons. The van der Waals surface area contributed by atoms with E-state index in [-0.39, 0.29) is 5.91 Å². The van der Waals surface area contributed by atoms with Crippen LogP contribution in [-0.4, -0.2) is 16.0 Å². The Kier molecular flexibility index (Phi) is 1.77. The molecule has 0 aromatic carbocycles. The molecule has 1 atom stereocenters. The number of nitrogens with zero attached hydrogens (tertiary/aromatic N) is 1. The van der Waals surface area contributed by atoms with E-state index in [1.807, 2.05) is 6.08 Å². The topological polar surface area (TPSA) is 29.4 Å². The second-order valence-electron chi connectivity index (χ2n) is 1.42. The second kappa shape index (κ2) is 2.39. The van der Waals surface area contributed by atoms with Crippen LogP contribution in [0.1, 0.15) is 0 Å². The Bertz CT molecular complexity index is 146. The van der Waals surface area contributed by atoms with Gasteiger partial charge in [-0.3, -0.25) is 4.79 Å². The van der Waals surface area contributed by atoms with Gasteiger partial charge in [-0.15, -0.1) is 0 Å². The quantitative estimate of drug-likeness (QED) is 0.442. The highest BCUT2D eigenvalue weighted by Gasteiger charge is 2.00. The Balaban J connectivity index is 2.68. The zero-order valence-corrected chi connectivity index (χ0v) is 6.20. The van der Waals surface area contributed by atoms with Crippen molar-refractivity contribution in [1.29, 1.82) is 0 Å². The van der Waals surface area contributed by atoms with Gasteiger partial charge in [-0.1, -0.05) is 28.7 Å². The van der Waals surface area contributed by atoms with Crippen molar-refractivity contribution < 1.29 is 4.79 Å². The van der Waals surface area contributed by atoms with Crippen molar-refractivity contribution in [2.75, 3.05) is 0 Å². The summed E-state index contributed by atoms with van der Waals surface area (Å²) < 4.78 is 0.297. The van der Waals surface area contributed by atoms with E-state index in [1.54, 1.807) is 6.21 Å². The first-order valence-corrected chi connectivity index (χ1v) is 3.44. The van der Waals surface area contributed by atoms with E-state index in [2.05, 4.69) is 27.6 Å². The number of alkyl halides is 1. The van der Waals surface area contributed by atoms with E-state index in [9.17, 15) is 4.79 Å². The van der Waals surface area contributed by atoms with Gasteiger partial charge in [0, 0.05) is 12.3 Å². The van der Waals surface area contributed by atoms with Crippen molar-refractivity contribution in [3.63, 3.8) is 0 Å². The summed E-state index contributed by atoms with van der Waals surface area (Å²) in [7, 11) is 0. The standard InChI is InChI=1S/C5H4INO/c6-4-1-2-5(8)7-3-4/h1-4H. The van der Waals surface area contributed by atoms with Crippen LogP contribution >= 0.6 is 22.6 Å². The van der Waals surface area contributed by atoms with Crippen molar-refractivity contribution in [1.82, 2.24) is 0 Å². The maximum atomic E-state index is 10.3. The molecule has 42 valence electrons. The number of dihydropyridines is 1. The lowest BCUT2D eigenvalue weighted by atomic mass is 10.3. The zero-order chi connectivity index (χ0) is 5.98. The molecule has 2 nitrogen and oxygen atoms in total. The summed E-state index contributed by atoms with van der Waals surface area (Å²) >= 11 is 2.18. The van der Waals surface area contributed by atoms with Gasteiger partial charge < -0.3 is 0 Å². The Morgan fingerprint density at radius 2 is 2.50 bits per heavy atom. The summed E-state index contributed by atoms with van der Waals surface area (Å²) in [4.78, 5) is 13.9. The third-order valence-corrected chi connectivity index (χ3v) is 1.50. The highest BCUT2D eigenvalue weighted by atomic mass is 127. The molecule has 0 saturated heterocycles. The smallest absolute Gasteiger partial charge is 0.268 e. The van der Waals surface area contributed by atoms with E-state index in [0.29, 0.717) is 3.92 Å². The number of carbonyl (C=O) groups is 1. The predicted octanol–water partition coefficient (Wildman–Crippen LogP) is 0.957. The minimum atomic E-state index is -0.155. The fourth-order valence-electron chi connectivity index (χ4n) is 0.412. The molecular formula is C5H4INO. The van der Waals surface area contributed by atoms with E-state index in [1.165, 1.54) is 6.08 Å². The van der Waals surface area contributed by atoms with E-state index in [0.717, 1.165) is 0 Å². The van der Waals surface area contributed by atoms with Crippen LogP contribution in [0, 0.1) is 0 Å². The molecule has 0 aliphatic carbocycles. The Hall–Kier alpha value is -0.190. The van der Waals surface area contributed by atoms with Crippen LogP contribution in [0.5, 0.6) is 0 Å². The van der Waals surface area contributed by atoms with Gasteiger partial charge in [0.05, 0.1) is 3.92 Å². The van der Waals surface area contributed by atoms with Crippen molar-refractivity contribution in [3.05, 3.63) is 12.2 Å². The molecule has 0 aromatic heterocycles. The predicted molar refractivity (Wildman–Crippen MR) is 40.4 cm³/mol. The second-order valence-corrected chi connectivity index (χ2v) is 2.86. The summed E-state index contributed by atoms with van der Waals surface area (Å²) in [5.41, 5.74) is 0. The Morgan fingerprint density at radius 1 is 1.75 bits per heavy atom. The minimum Gasteiger partial charge on any atom is -0.268 e. The molecule has 0 aromatic rings. The van der Waals surface area contributed by atoms with Gasteiger partial charge in [0.25, 0.3) is 5.91 Å². The molecule has 1 aliphatic rings. The normalized spacial score (nSPS) is 26.6. The molecule has 3 heteroatoms. The monoisotopic (exact) mass is 221 g/mol. The molecular weight excluding hydrogens is 217 g/mol. The molecule has 1 unspecified atom stereocenters. The number of amides is 1. The average Bonchev–Trinajstić information content (AvgIpc) is 1.77. The van der Waals surface area contributed by atoms with Crippen LogP contribution in [0.4, 0.5) is 0 Å².